The number of benzene rings is 2. The van der Waals surface area contributed by atoms with E-state index in [2.05, 4.69) is 15.1 Å². The maximum atomic E-state index is 10.7. The molecule has 1 aliphatic heterocycles. The summed E-state index contributed by atoms with van der Waals surface area (Å²) in [6.07, 6.45) is 1.11. The highest BCUT2D eigenvalue weighted by Crippen LogP contribution is 2.39. The van der Waals surface area contributed by atoms with Crippen LogP contribution in [0.25, 0.3) is 5.69 Å². The van der Waals surface area contributed by atoms with Gasteiger partial charge in [0.25, 0.3) is 0 Å². The molecule has 1 aliphatic rings. The minimum atomic E-state index is -0.650. The summed E-state index contributed by atoms with van der Waals surface area (Å²) >= 11 is 0. The van der Waals surface area contributed by atoms with E-state index in [-0.39, 0.29) is 0 Å². The van der Waals surface area contributed by atoms with Gasteiger partial charge >= 0.3 is 0 Å². The highest BCUT2D eigenvalue weighted by atomic mass is 16.5. The van der Waals surface area contributed by atoms with E-state index >= 15 is 0 Å². The van der Waals surface area contributed by atoms with Gasteiger partial charge < -0.3 is 14.6 Å². The predicted octanol–water partition coefficient (Wildman–Crippen LogP) is 2.33. The van der Waals surface area contributed by atoms with Crippen molar-refractivity contribution in [3.05, 3.63) is 65.5 Å². The van der Waals surface area contributed by atoms with Crippen LogP contribution in [-0.4, -0.2) is 45.8 Å². The summed E-state index contributed by atoms with van der Waals surface area (Å²) in [5.41, 5.74) is 3.52. The third-order valence-electron chi connectivity index (χ3n) is 4.77. The molecular formula is C20H22N4O3. The minimum Gasteiger partial charge on any atom is -0.496 e. The van der Waals surface area contributed by atoms with E-state index in [1.807, 2.05) is 42.5 Å². The Balaban J connectivity index is 1.57. The topological polar surface area (TPSA) is 72.6 Å². The number of rotatable bonds is 5. The van der Waals surface area contributed by atoms with Crippen LogP contribution in [0.15, 0.2) is 48.7 Å². The van der Waals surface area contributed by atoms with Crippen LogP contribution >= 0.6 is 0 Å². The quantitative estimate of drug-likeness (QED) is 0.747. The zero-order valence-electron chi connectivity index (χ0n) is 15.4. The normalized spacial score (nSPS) is 16.8. The Bertz CT molecular complexity index is 926. The SMILES string of the molecule is COc1ccc(OC)c2c1CN(Cc1cnn(-c3ccccc3)n1)CC2O. The highest BCUT2D eigenvalue weighted by molar-refractivity contribution is 5.51. The van der Waals surface area contributed by atoms with Crippen LogP contribution in [-0.2, 0) is 13.1 Å². The standard InChI is InChI=1S/C20H22N4O3/c1-26-18-8-9-19(27-2)20-16(18)12-23(13-17(20)25)11-14-10-21-24(22-14)15-6-4-3-5-7-15/h3-10,17,25H,11-13H2,1-2H3. The second kappa shape index (κ2) is 7.38. The molecule has 0 bridgehead atoms. The maximum Gasteiger partial charge on any atom is 0.125 e. The number of methoxy groups -OCH3 is 2. The molecule has 0 radical (unpaired) electrons. The molecule has 0 saturated heterocycles. The molecular weight excluding hydrogens is 344 g/mol. The summed E-state index contributed by atoms with van der Waals surface area (Å²) in [7, 11) is 3.25. The first-order chi connectivity index (χ1) is 13.2. The molecule has 2 heterocycles. The number of β-amino-alcohol motifs (C(OH)–C–C–N with tert-alkyl or cyclic N) is 1. The van der Waals surface area contributed by atoms with Crippen molar-refractivity contribution in [1.82, 2.24) is 19.9 Å². The number of aromatic nitrogens is 3. The lowest BCUT2D eigenvalue weighted by molar-refractivity contribution is 0.0835. The number of nitrogens with zero attached hydrogens (tertiary/aromatic N) is 4. The van der Waals surface area contributed by atoms with Crippen molar-refractivity contribution in [2.45, 2.75) is 19.2 Å². The molecule has 1 N–H and O–H groups in total. The van der Waals surface area contributed by atoms with Gasteiger partial charge in [-0.2, -0.15) is 15.0 Å². The molecule has 7 heteroatoms. The molecule has 4 rings (SSSR count). The molecule has 1 unspecified atom stereocenters. The van der Waals surface area contributed by atoms with Crippen LogP contribution in [0.4, 0.5) is 0 Å². The van der Waals surface area contributed by atoms with Gasteiger partial charge in [-0.3, -0.25) is 4.90 Å². The lowest BCUT2D eigenvalue weighted by atomic mass is 9.95. The van der Waals surface area contributed by atoms with Gasteiger partial charge in [-0.1, -0.05) is 18.2 Å². The summed E-state index contributed by atoms with van der Waals surface area (Å²) in [5, 5.41) is 19.6. The van der Waals surface area contributed by atoms with Crippen LogP contribution in [0, 0.1) is 0 Å². The first-order valence-electron chi connectivity index (χ1n) is 8.80. The Hall–Kier alpha value is -2.90. The number of aliphatic hydroxyl groups excluding tert-OH is 1. The molecule has 1 atom stereocenters. The van der Waals surface area contributed by atoms with E-state index in [9.17, 15) is 5.11 Å². The zero-order valence-corrected chi connectivity index (χ0v) is 15.4. The summed E-state index contributed by atoms with van der Waals surface area (Å²) in [4.78, 5) is 3.75. The third kappa shape index (κ3) is 3.39. The number of fused-ring (bicyclic) bond motifs is 1. The Morgan fingerprint density at radius 1 is 1.07 bits per heavy atom. The first-order valence-corrected chi connectivity index (χ1v) is 8.80. The number of para-hydroxylation sites is 1. The van der Waals surface area contributed by atoms with Gasteiger partial charge in [0, 0.05) is 30.8 Å². The van der Waals surface area contributed by atoms with Crippen LogP contribution in [0.2, 0.25) is 0 Å². The first kappa shape index (κ1) is 17.5. The second-order valence-corrected chi connectivity index (χ2v) is 6.51. The second-order valence-electron chi connectivity index (χ2n) is 6.51. The number of ether oxygens (including phenoxy) is 2. The molecule has 0 amide bonds. The number of hydrogen-bond acceptors (Lipinski definition) is 6. The monoisotopic (exact) mass is 366 g/mol. The van der Waals surface area contributed by atoms with Gasteiger partial charge in [0.05, 0.1) is 37.9 Å². The summed E-state index contributed by atoms with van der Waals surface area (Å²) in [6.45, 7) is 1.73. The molecule has 7 nitrogen and oxygen atoms in total. The lowest BCUT2D eigenvalue weighted by Gasteiger charge is -2.33. The summed E-state index contributed by atoms with van der Waals surface area (Å²) in [5.74, 6) is 1.44. The van der Waals surface area contributed by atoms with E-state index in [1.54, 1.807) is 25.2 Å². The Kier molecular flexibility index (Phi) is 4.79. The van der Waals surface area contributed by atoms with Crippen molar-refractivity contribution in [3.8, 4) is 17.2 Å². The van der Waals surface area contributed by atoms with Gasteiger partial charge in [0.1, 0.15) is 11.5 Å². The average Bonchev–Trinajstić information content (AvgIpc) is 3.16. The zero-order chi connectivity index (χ0) is 18.8. The van der Waals surface area contributed by atoms with E-state index in [0.29, 0.717) is 25.4 Å². The Morgan fingerprint density at radius 3 is 2.56 bits per heavy atom. The van der Waals surface area contributed by atoms with Gasteiger partial charge in [-0.05, 0) is 24.3 Å². The molecule has 3 aromatic rings. The molecule has 27 heavy (non-hydrogen) atoms. The average molecular weight is 366 g/mol. The summed E-state index contributed by atoms with van der Waals surface area (Å²) in [6, 6.07) is 13.5. The van der Waals surface area contributed by atoms with Crippen LogP contribution in [0.1, 0.15) is 22.9 Å². The van der Waals surface area contributed by atoms with Crippen molar-refractivity contribution in [1.29, 1.82) is 0 Å². The largest absolute Gasteiger partial charge is 0.496 e. The predicted molar refractivity (Wildman–Crippen MR) is 100.0 cm³/mol. The molecule has 0 aliphatic carbocycles. The van der Waals surface area contributed by atoms with Gasteiger partial charge in [-0.15, -0.1) is 0 Å². The molecule has 2 aromatic carbocycles. The van der Waals surface area contributed by atoms with Gasteiger partial charge in [0.2, 0.25) is 0 Å². The van der Waals surface area contributed by atoms with Crippen molar-refractivity contribution >= 4 is 0 Å². The minimum absolute atomic E-state index is 0.495. The van der Waals surface area contributed by atoms with E-state index in [0.717, 1.165) is 28.3 Å². The van der Waals surface area contributed by atoms with Crippen LogP contribution in [0.5, 0.6) is 11.5 Å². The lowest BCUT2D eigenvalue weighted by Crippen LogP contribution is -2.34. The molecule has 1 aromatic heterocycles. The van der Waals surface area contributed by atoms with Crippen LogP contribution < -0.4 is 9.47 Å². The molecule has 0 saturated carbocycles. The third-order valence-corrected chi connectivity index (χ3v) is 4.77. The van der Waals surface area contributed by atoms with Gasteiger partial charge in [0.15, 0.2) is 0 Å². The van der Waals surface area contributed by atoms with Crippen LogP contribution in [0.3, 0.4) is 0 Å². The molecule has 0 fully saturated rings. The smallest absolute Gasteiger partial charge is 0.125 e. The summed E-state index contributed by atoms with van der Waals surface area (Å²) < 4.78 is 10.9. The van der Waals surface area contributed by atoms with E-state index in [1.165, 1.54) is 0 Å². The maximum absolute atomic E-state index is 10.7. The van der Waals surface area contributed by atoms with Crippen molar-refractivity contribution in [3.63, 3.8) is 0 Å². The van der Waals surface area contributed by atoms with E-state index in [4.69, 9.17) is 9.47 Å². The fourth-order valence-corrected chi connectivity index (χ4v) is 3.55. The van der Waals surface area contributed by atoms with Gasteiger partial charge in [-0.25, -0.2) is 0 Å². The fourth-order valence-electron chi connectivity index (χ4n) is 3.55. The number of aliphatic hydroxyl groups is 1. The Labute approximate surface area is 157 Å². The van der Waals surface area contributed by atoms with Crippen molar-refractivity contribution < 1.29 is 14.6 Å². The molecule has 0 spiro atoms. The fraction of sp³-hybridized carbons (Fsp3) is 0.300. The van der Waals surface area contributed by atoms with Crippen molar-refractivity contribution in [2.75, 3.05) is 20.8 Å². The highest BCUT2D eigenvalue weighted by Gasteiger charge is 2.30. The van der Waals surface area contributed by atoms with E-state index < -0.39 is 6.10 Å². The molecule has 140 valence electrons. The Morgan fingerprint density at radius 2 is 1.81 bits per heavy atom. The van der Waals surface area contributed by atoms with Crippen molar-refractivity contribution in [2.24, 2.45) is 0 Å². The number of hydrogen-bond donors (Lipinski definition) is 1.